The minimum absolute atomic E-state index is 0.232. The standard InChI is InChI=1S/C11H13FN4S/c1-13-11-9(14-15-17-11)7-16(2)10-6-4-3-5-8(10)12/h3-6,13H,7H2,1-2H3. The smallest absolute Gasteiger partial charge is 0.146 e. The Balaban J connectivity index is 2.17. The highest BCUT2D eigenvalue weighted by Crippen LogP contribution is 2.22. The lowest BCUT2D eigenvalue weighted by atomic mass is 10.2. The van der Waals surface area contributed by atoms with Crippen LogP contribution >= 0.6 is 11.5 Å². The first kappa shape index (κ1) is 11.8. The lowest BCUT2D eigenvalue weighted by Crippen LogP contribution is -2.18. The number of nitrogens with zero attached hydrogens (tertiary/aromatic N) is 3. The van der Waals surface area contributed by atoms with E-state index in [-0.39, 0.29) is 5.82 Å². The largest absolute Gasteiger partial charge is 0.377 e. The summed E-state index contributed by atoms with van der Waals surface area (Å²) in [6.45, 7) is 0.521. The van der Waals surface area contributed by atoms with Gasteiger partial charge in [-0.3, -0.25) is 0 Å². The molecule has 0 saturated carbocycles. The number of hydrogen-bond acceptors (Lipinski definition) is 5. The minimum atomic E-state index is -0.232. The highest BCUT2D eigenvalue weighted by Gasteiger charge is 2.12. The van der Waals surface area contributed by atoms with Crippen molar-refractivity contribution in [3.8, 4) is 0 Å². The summed E-state index contributed by atoms with van der Waals surface area (Å²) in [6, 6.07) is 6.68. The molecule has 0 atom stereocenters. The van der Waals surface area contributed by atoms with Gasteiger partial charge in [0, 0.05) is 25.6 Å². The molecule has 17 heavy (non-hydrogen) atoms. The zero-order valence-corrected chi connectivity index (χ0v) is 10.5. The van der Waals surface area contributed by atoms with Crippen molar-refractivity contribution in [1.82, 2.24) is 9.59 Å². The predicted octanol–water partition coefficient (Wildman–Crippen LogP) is 2.36. The summed E-state index contributed by atoms with van der Waals surface area (Å²) in [7, 11) is 3.65. The monoisotopic (exact) mass is 252 g/mol. The highest BCUT2D eigenvalue weighted by atomic mass is 32.1. The molecule has 1 heterocycles. The minimum Gasteiger partial charge on any atom is -0.377 e. The molecule has 0 amide bonds. The van der Waals surface area contributed by atoms with E-state index in [2.05, 4.69) is 14.9 Å². The van der Waals surface area contributed by atoms with E-state index in [1.807, 2.05) is 25.1 Å². The molecule has 2 aromatic rings. The first-order valence-electron chi connectivity index (χ1n) is 5.17. The van der Waals surface area contributed by atoms with Crippen LogP contribution in [0.3, 0.4) is 0 Å². The third-order valence-corrected chi connectivity index (χ3v) is 3.22. The first-order valence-corrected chi connectivity index (χ1v) is 5.94. The summed E-state index contributed by atoms with van der Waals surface area (Å²) < 4.78 is 17.4. The lowest BCUT2D eigenvalue weighted by molar-refractivity contribution is 0.621. The summed E-state index contributed by atoms with van der Waals surface area (Å²) in [5, 5.41) is 7.95. The quantitative estimate of drug-likeness (QED) is 0.907. The number of halogens is 1. The number of hydrogen-bond donors (Lipinski definition) is 1. The van der Waals surface area contributed by atoms with E-state index in [0.717, 1.165) is 10.7 Å². The van der Waals surface area contributed by atoms with E-state index in [0.29, 0.717) is 12.2 Å². The maximum atomic E-state index is 13.6. The average Bonchev–Trinajstić information content (AvgIpc) is 2.76. The zero-order chi connectivity index (χ0) is 12.3. The van der Waals surface area contributed by atoms with Crippen molar-refractivity contribution in [2.75, 3.05) is 24.3 Å². The van der Waals surface area contributed by atoms with E-state index in [1.165, 1.54) is 17.6 Å². The van der Waals surface area contributed by atoms with Crippen LogP contribution in [-0.4, -0.2) is 23.7 Å². The second-order valence-corrected chi connectivity index (χ2v) is 4.36. The number of aromatic nitrogens is 2. The molecule has 2 rings (SSSR count). The molecule has 6 heteroatoms. The van der Waals surface area contributed by atoms with Crippen molar-refractivity contribution >= 4 is 22.2 Å². The van der Waals surface area contributed by atoms with Gasteiger partial charge in [0.25, 0.3) is 0 Å². The Morgan fingerprint density at radius 3 is 2.88 bits per heavy atom. The van der Waals surface area contributed by atoms with E-state index >= 15 is 0 Å². The molecule has 0 saturated heterocycles. The summed E-state index contributed by atoms with van der Waals surface area (Å²) in [5.41, 5.74) is 1.38. The van der Waals surface area contributed by atoms with E-state index < -0.39 is 0 Å². The Labute approximate surface area is 103 Å². The molecule has 0 unspecified atom stereocenters. The van der Waals surface area contributed by atoms with Gasteiger partial charge in [-0.05, 0) is 12.1 Å². The molecular weight excluding hydrogens is 239 g/mol. The van der Waals surface area contributed by atoms with Crippen molar-refractivity contribution in [2.45, 2.75) is 6.54 Å². The van der Waals surface area contributed by atoms with Crippen LogP contribution in [0.15, 0.2) is 24.3 Å². The fraction of sp³-hybridized carbons (Fsp3) is 0.273. The second kappa shape index (κ2) is 5.09. The van der Waals surface area contributed by atoms with Gasteiger partial charge in [0.1, 0.15) is 16.5 Å². The predicted molar refractivity (Wildman–Crippen MR) is 68.0 cm³/mol. The van der Waals surface area contributed by atoms with Gasteiger partial charge in [-0.15, -0.1) is 5.10 Å². The highest BCUT2D eigenvalue weighted by molar-refractivity contribution is 7.10. The fourth-order valence-corrected chi connectivity index (χ4v) is 2.10. The van der Waals surface area contributed by atoms with Gasteiger partial charge >= 0.3 is 0 Å². The molecule has 90 valence electrons. The van der Waals surface area contributed by atoms with Crippen molar-refractivity contribution < 1.29 is 4.39 Å². The molecule has 4 nitrogen and oxygen atoms in total. The summed E-state index contributed by atoms with van der Waals surface area (Å²) >= 11 is 1.30. The maximum Gasteiger partial charge on any atom is 0.146 e. The molecule has 1 N–H and O–H groups in total. The first-order chi connectivity index (χ1) is 8.22. The molecule has 1 aromatic heterocycles. The molecule has 0 aliphatic heterocycles. The van der Waals surface area contributed by atoms with Gasteiger partial charge in [0.05, 0.1) is 12.2 Å². The van der Waals surface area contributed by atoms with Gasteiger partial charge in [-0.2, -0.15) is 0 Å². The molecule has 1 aromatic carbocycles. The second-order valence-electron chi connectivity index (χ2n) is 3.61. The Hall–Kier alpha value is -1.69. The van der Waals surface area contributed by atoms with Crippen LogP contribution in [0.2, 0.25) is 0 Å². The lowest BCUT2D eigenvalue weighted by Gasteiger charge is -2.18. The molecule has 0 fully saturated rings. The van der Waals surface area contributed by atoms with Gasteiger partial charge in [0.15, 0.2) is 0 Å². The number of nitrogens with one attached hydrogen (secondary N) is 1. The van der Waals surface area contributed by atoms with Crippen molar-refractivity contribution in [2.24, 2.45) is 0 Å². The van der Waals surface area contributed by atoms with Crippen LogP contribution in [0.1, 0.15) is 5.69 Å². The molecular formula is C11H13FN4S. The Kier molecular flexibility index (Phi) is 3.53. The third kappa shape index (κ3) is 2.52. The molecule has 0 aliphatic rings. The van der Waals surface area contributed by atoms with E-state index in [1.54, 1.807) is 12.1 Å². The Morgan fingerprint density at radius 2 is 2.18 bits per heavy atom. The molecule has 0 spiro atoms. The number of para-hydroxylation sites is 1. The Morgan fingerprint density at radius 1 is 1.41 bits per heavy atom. The fourth-order valence-electron chi connectivity index (χ4n) is 1.57. The van der Waals surface area contributed by atoms with Crippen LogP contribution in [0.25, 0.3) is 0 Å². The van der Waals surface area contributed by atoms with Gasteiger partial charge in [-0.1, -0.05) is 16.6 Å². The van der Waals surface area contributed by atoms with Crippen LogP contribution in [0.5, 0.6) is 0 Å². The zero-order valence-electron chi connectivity index (χ0n) is 9.64. The van der Waals surface area contributed by atoms with Gasteiger partial charge in [-0.25, -0.2) is 4.39 Å². The SMILES string of the molecule is CNc1snnc1CN(C)c1ccccc1F. The molecule has 0 bridgehead atoms. The topological polar surface area (TPSA) is 41.1 Å². The third-order valence-electron chi connectivity index (χ3n) is 2.43. The maximum absolute atomic E-state index is 13.6. The normalized spacial score (nSPS) is 10.3. The van der Waals surface area contributed by atoms with Crippen molar-refractivity contribution in [3.05, 3.63) is 35.8 Å². The van der Waals surface area contributed by atoms with Crippen molar-refractivity contribution in [3.63, 3.8) is 0 Å². The van der Waals surface area contributed by atoms with Gasteiger partial charge < -0.3 is 10.2 Å². The number of benzene rings is 1. The summed E-state index contributed by atoms with van der Waals surface area (Å²) in [5.74, 6) is -0.232. The van der Waals surface area contributed by atoms with E-state index in [4.69, 9.17) is 0 Å². The van der Waals surface area contributed by atoms with Crippen molar-refractivity contribution in [1.29, 1.82) is 0 Å². The van der Waals surface area contributed by atoms with E-state index in [9.17, 15) is 4.39 Å². The number of anilines is 2. The van der Waals surface area contributed by atoms with Gasteiger partial charge in [0.2, 0.25) is 0 Å². The average molecular weight is 252 g/mol. The summed E-state index contributed by atoms with van der Waals surface area (Å²) in [4.78, 5) is 1.81. The summed E-state index contributed by atoms with van der Waals surface area (Å²) in [6.07, 6.45) is 0. The van der Waals surface area contributed by atoms with Crippen LogP contribution in [0.4, 0.5) is 15.1 Å². The Bertz CT molecular complexity index is 500. The van der Waals surface area contributed by atoms with Crippen LogP contribution in [-0.2, 0) is 6.54 Å². The molecule has 0 aliphatic carbocycles. The van der Waals surface area contributed by atoms with Crippen LogP contribution in [0, 0.1) is 5.82 Å². The van der Waals surface area contributed by atoms with Crippen LogP contribution < -0.4 is 10.2 Å². The molecule has 0 radical (unpaired) electrons. The number of rotatable bonds is 4.